The summed E-state index contributed by atoms with van der Waals surface area (Å²) in [5.41, 5.74) is 4.91. The quantitative estimate of drug-likeness (QED) is 0.402. The minimum atomic E-state index is -1.12. The van der Waals surface area contributed by atoms with Crippen molar-refractivity contribution in [2.75, 3.05) is 6.61 Å². The summed E-state index contributed by atoms with van der Waals surface area (Å²) in [6.45, 7) is 2.11. The predicted molar refractivity (Wildman–Crippen MR) is 35.2 cm³/mol. The second-order valence-electron chi connectivity index (χ2n) is 2.96. The topological polar surface area (TPSA) is 75.7 Å². The van der Waals surface area contributed by atoms with Crippen LogP contribution in [-0.2, 0) is 4.74 Å². The van der Waals surface area contributed by atoms with Gasteiger partial charge in [-0.2, -0.15) is 0 Å². The molecule has 3 atom stereocenters. The van der Waals surface area contributed by atoms with Crippen molar-refractivity contribution in [3.63, 3.8) is 0 Å². The molecule has 0 aromatic rings. The van der Waals surface area contributed by atoms with E-state index in [1.54, 1.807) is 6.92 Å². The van der Waals surface area contributed by atoms with Crippen molar-refractivity contribution in [3.8, 4) is 0 Å². The highest BCUT2D eigenvalue weighted by Gasteiger charge is 2.38. The lowest BCUT2D eigenvalue weighted by Crippen LogP contribution is -2.58. The van der Waals surface area contributed by atoms with Crippen molar-refractivity contribution in [2.45, 2.75) is 31.3 Å². The van der Waals surface area contributed by atoms with Gasteiger partial charge in [0.1, 0.15) is 6.10 Å². The van der Waals surface area contributed by atoms with Crippen LogP contribution in [0.3, 0.4) is 0 Å². The molecular formula is C6H13NO3. The number of hydrogen-bond acceptors (Lipinski definition) is 4. The Morgan fingerprint density at radius 3 is 2.60 bits per heavy atom. The smallest absolute Gasteiger partial charge is 0.182 e. The Balaban J connectivity index is 2.60. The van der Waals surface area contributed by atoms with Crippen LogP contribution < -0.4 is 5.73 Å². The minimum Gasteiger partial charge on any atom is -0.386 e. The molecule has 4 heteroatoms. The highest BCUT2D eigenvalue weighted by molar-refractivity contribution is 4.91. The van der Waals surface area contributed by atoms with Crippen LogP contribution in [0.5, 0.6) is 0 Å². The van der Waals surface area contributed by atoms with E-state index < -0.39 is 17.9 Å². The van der Waals surface area contributed by atoms with E-state index in [1.807, 2.05) is 0 Å². The zero-order chi connectivity index (χ0) is 7.78. The van der Waals surface area contributed by atoms with E-state index in [0.717, 1.165) is 0 Å². The van der Waals surface area contributed by atoms with Gasteiger partial charge in [0.15, 0.2) is 6.29 Å². The standard InChI is InChI=1S/C6H13NO3/c1-6(7)2-3-10-5(9)4(6)8/h4-5,8-9H,2-3,7H2,1H3. The van der Waals surface area contributed by atoms with Crippen molar-refractivity contribution in [1.29, 1.82) is 0 Å². The molecule has 0 aromatic heterocycles. The number of nitrogens with two attached hydrogens (primary N) is 1. The summed E-state index contributed by atoms with van der Waals surface area (Å²) < 4.78 is 4.75. The largest absolute Gasteiger partial charge is 0.386 e. The van der Waals surface area contributed by atoms with Gasteiger partial charge in [-0.1, -0.05) is 0 Å². The average molecular weight is 147 g/mol. The van der Waals surface area contributed by atoms with E-state index in [-0.39, 0.29) is 0 Å². The summed E-state index contributed by atoms with van der Waals surface area (Å²) in [5.74, 6) is 0. The Bertz CT molecular complexity index is 126. The van der Waals surface area contributed by atoms with Gasteiger partial charge >= 0.3 is 0 Å². The lowest BCUT2D eigenvalue weighted by molar-refractivity contribution is -0.208. The first-order valence-electron chi connectivity index (χ1n) is 3.31. The lowest BCUT2D eigenvalue weighted by atomic mass is 9.90. The molecule has 1 saturated heterocycles. The third-order valence-electron chi connectivity index (χ3n) is 1.88. The monoisotopic (exact) mass is 147 g/mol. The van der Waals surface area contributed by atoms with Crippen molar-refractivity contribution in [2.24, 2.45) is 5.73 Å². The van der Waals surface area contributed by atoms with E-state index in [1.165, 1.54) is 0 Å². The highest BCUT2D eigenvalue weighted by Crippen LogP contribution is 2.20. The molecule has 0 amide bonds. The molecule has 1 aliphatic rings. The Hall–Kier alpha value is -0.160. The van der Waals surface area contributed by atoms with Gasteiger partial charge in [0.25, 0.3) is 0 Å². The normalized spacial score (nSPS) is 49.2. The van der Waals surface area contributed by atoms with Crippen molar-refractivity contribution < 1.29 is 14.9 Å². The number of hydrogen-bond donors (Lipinski definition) is 3. The minimum absolute atomic E-state index is 0.408. The number of aliphatic hydroxyl groups excluding tert-OH is 2. The molecule has 1 fully saturated rings. The van der Waals surface area contributed by atoms with Crippen LogP contribution in [0.2, 0.25) is 0 Å². The number of ether oxygens (including phenoxy) is 1. The molecule has 0 saturated carbocycles. The van der Waals surface area contributed by atoms with Crippen LogP contribution in [0.15, 0.2) is 0 Å². The van der Waals surface area contributed by atoms with Crippen molar-refractivity contribution in [3.05, 3.63) is 0 Å². The second kappa shape index (κ2) is 2.47. The van der Waals surface area contributed by atoms with Crippen LogP contribution in [-0.4, -0.2) is 34.8 Å². The molecule has 4 N–H and O–H groups in total. The molecule has 0 aromatic carbocycles. The molecule has 60 valence electrons. The SMILES string of the molecule is CC1(N)CCOC(O)C1O. The maximum absolute atomic E-state index is 9.21. The molecule has 3 unspecified atom stereocenters. The summed E-state index contributed by atoms with van der Waals surface area (Å²) in [5, 5.41) is 18.2. The van der Waals surface area contributed by atoms with Gasteiger partial charge in [-0.25, -0.2) is 0 Å². The zero-order valence-corrected chi connectivity index (χ0v) is 5.95. The van der Waals surface area contributed by atoms with E-state index in [2.05, 4.69) is 0 Å². The summed E-state index contributed by atoms with van der Waals surface area (Å²) in [4.78, 5) is 0. The summed E-state index contributed by atoms with van der Waals surface area (Å²) in [6, 6.07) is 0. The highest BCUT2D eigenvalue weighted by atomic mass is 16.6. The molecule has 1 heterocycles. The second-order valence-corrected chi connectivity index (χ2v) is 2.96. The van der Waals surface area contributed by atoms with Crippen LogP contribution in [0.4, 0.5) is 0 Å². The first kappa shape index (κ1) is 7.94. The van der Waals surface area contributed by atoms with Crippen LogP contribution in [0, 0.1) is 0 Å². The Kier molecular flexibility index (Phi) is 1.96. The van der Waals surface area contributed by atoms with Crippen LogP contribution in [0.25, 0.3) is 0 Å². The first-order chi connectivity index (χ1) is 4.54. The molecule has 1 rings (SSSR count). The molecule has 10 heavy (non-hydrogen) atoms. The van der Waals surface area contributed by atoms with Gasteiger partial charge in [-0.3, -0.25) is 0 Å². The van der Waals surface area contributed by atoms with Gasteiger partial charge in [0, 0.05) is 5.54 Å². The van der Waals surface area contributed by atoms with Gasteiger partial charge in [0.2, 0.25) is 0 Å². The maximum atomic E-state index is 9.21. The van der Waals surface area contributed by atoms with E-state index in [9.17, 15) is 5.11 Å². The van der Waals surface area contributed by atoms with Crippen molar-refractivity contribution >= 4 is 0 Å². The van der Waals surface area contributed by atoms with E-state index in [0.29, 0.717) is 13.0 Å². The summed E-state index contributed by atoms with van der Waals surface area (Å²) >= 11 is 0. The molecule has 0 bridgehead atoms. The van der Waals surface area contributed by atoms with Crippen LogP contribution >= 0.6 is 0 Å². The van der Waals surface area contributed by atoms with Crippen molar-refractivity contribution in [1.82, 2.24) is 0 Å². The zero-order valence-electron chi connectivity index (χ0n) is 5.95. The fourth-order valence-electron chi connectivity index (χ4n) is 0.964. The van der Waals surface area contributed by atoms with Gasteiger partial charge in [0.05, 0.1) is 6.61 Å². The third-order valence-corrected chi connectivity index (χ3v) is 1.88. The fourth-order valence-corrected chi connectivity index (χ4v) is 0.964. The third kappa shape index (κ3) is 1.29. The van der Waals surface area contributed by atoms with Crippen LogP contribution in [0.1, 0.15) is 13.3 Å². The number of rotatable bonds is 0. The molecule has 0 spiro atoms. The Labute approximate surface area is 59.6 Å². The average Bonchev–Trinajstić information content (AvgIpc) is 1.83. The maximum Gasteiger partial charge on any atom is 0.182 e. The number of aliphatic hydroxyl groups is 2. The summed E-state index contributed by atoms with van der Waals surface area (Å²) in [7, 11) is 0. The molecule has 4 nitrogen and oxygen atoms in total. The molecule has 1 aliphatic heterocycles. The van der Waals surface area contributed by atoms with Gasteiger partial charge < -0.3 is 20.7 Å². The molecular weight excluding hydrogens is 134 g/mol. The Morgan fingerprint density at radius 1 is 1.60 bits per heavy atom. The first-order valence-corrected chi connectivity index (χ1v) is 3.31. The lowest BCUT2D eigenvalue weighted by Gasteiger charge is -2.37. The predicted octanol–water partition coefficient (Wildman–Crippen LogP) is -1.20. The van der Waals surface area contributed by atoms with E-state index >= 15 is 0 Å². The molecule has 0 radical (unpaired) electrons. The molecule has 0 aliphatic carbocycles. The summed E-state index contributed by atoms with van der Waals surface area (Å²) in [6.07, 6.45) is -1.52. The van der Waals surface area contributed by atoms with Gasteiger partial charge in [-0.15, -0.1) is 0 Å². The van der Waals surface area contributed by atoms with E-state index in [4.69, 9.17) is 15.6 Å². The fraction of sp³-hybridized carbons (Fsp3) is 1.00. The van der Waals surface area contributed by atoms with Gasteiger partial charge in [-0.05, 0) is 13.3 Å². The Morgan fingerprint density at radius 2 is 2.20 bits per heavy atom.